The smallest absolute Gasteiger partial charge is 0.224 e. The number of fused-ring (bicyclic) bond motifs is 1. The molecule has 0 atom stereocenters. The number of nitrogens with zero attached hydrogens (tertiary/aromatic N) is 1. The summed E-state index contributed by atoms with van der Waals surface area (Å²) in [7, 11) is 0. The highest BCUT2D eigenvalue weighted by molar-refractivity contribution is 7.97. The number of carbonyl (C=O) groups excluding carboxylic acids is 1. The van der Waals surface area contributed by atoms with Gasteiger partial charge in [-0.15, -0.1) is 0 Å². The molecule has 0 bridgehead atoms. The van der Waals surface area contributed by atoms with Crippen LogP contribution in [0.2, 0.25) is 5.02 Å². The normalized spacial score (nSPS) is 13.6. The van der Waals surface area contributed by atoms with E-state index in [0.717, 1.165) is 46.7 Å². The number of hydrogen-bond donors (Lipinski definition) is 2. The Morgan fingerprint density at radius 1 is 1.26 bits per heavy atom. The molecule has 0 aliphatic carbocycles. The molecule has 6 heteroatoms. The van der Waals surface area contributed by atoms with Crippen molar-refractivity contribution >= 4 is 35.1 Å². The molecule has 0 radical (unpaired) electrons. The predicted octanol–water partition coefficient (Wildman–Crippen LogP) is 4.04. The van der Waals surface area contributed by atoms with E-state index in [4.69, 9.17) is 11.6 Å². The Morgan fingerprint density at radius 2 is 2.13 bits per heavy atom. The molecule has 1 amide bonds. The first-order valence-electron chi connectivity index (χ1n) is 7.58. The summed E-state index contributed by atoms with van der Waals surface area (Å²) in [4.78, 5) is 15.8. The van der Waals surface area contributed by atoms with Crippen LogP contribution >= 0.6 is 23.5 Å². The summed E-state index contributed by atoms with van der Waals surface area (Å²) in [6, 6.07) is 6.10. The van der Waals surface area contributed by atoms with Gasteiger partial charge in [-0.1, -0.05) is 30.5 Å². The van der Waals surface area contributed by atoms with Gasteiger partial charge in [0.1, 0.15) is 0 Å². The monoisotopic (exact) mass is 347 g/mol. The Morgan fingerprint density at radius 3 is 2.96 bits per heavy atom. The first kappa shape index (κ1) is 16.3. The van der Waals surface area contributed by atoms with Gasteiger partial charge < -0.3 is 5.32 Å². The number of hydrogen-bond acceptors (Lipinski definition) is 4. The second-order valence-corrected chi connectivity index (χ2v) is 6.94. The third-order valence-corrected chi connectivity index (χ3v) is 4.64. The zero-order valence-electron chi connectivity index (χ0n) is 12.9. The summed E-state index contributed by atoms with van der Waals surface area (Å²) < 4.78 is 3.30. The maximum atomic E-state index is 11.5. The Hall–Kier alpha value is -1.56. The van der Waals surface area contributed by atoms with Crippen LogP contribution in [0.4, 0.5) is 5.69 Å². The zero-order chi connectivity index (χ0) is 16.2. The minimum atomic E-state index is 0.0234. The molecule has 1 aromatic heterocycles. The van der Waals surface area contributed by atoms with Crippen molar-refractivity contribution in [1.82, 2.24) is 9.71 Å². The second kappa shape index (κ2) is 7.34. The molecule has 4 nitrogen and oxygen atoms in total. The molecule has 3 rings (SSSR count). The van der Waals surface area contributed by atoms with E-state index in [1.165, 1.54) is 0 Å². The van der Waals surface area contributed by atoms with Gasteiger partial charge in [0.05, 0.1) is 10.7 Å². The van der Waals surface area contributed by atoms with E-state index in [1.54, 1.807) is 11.9 Å². The summed E-state index contributed by atoms with van der Waals surface area (Å²) >= 11 is 8.04. The number of halogens is 1. The van der Waals surface area contributed by atoms with Gasteiger partial charge in [0, 0.05) is 36.7 Å². The van der Waals surface area contributed by atoms with Gasteiger partial charge in [0.2, 0.25) is 5.91 Å². The largest absolute Gasteiger partial charge is 0.325 e. The Bertz CT molecular complexity index is 736. The van der Waals surface area contributed by atoms with Crippen molar-refractivity contribution in [1.29, 1.82) is 0 Å². The summed E-state index contributed by atoms with van der Waals surface area (Å²) in [5.41, 5.74) is 5.02. The van der Waals surface area contributed by atoms with E-state index in [0.29, 0.717) is 11.4 Å². The molecule has 1 aliphatic rings. The molecule has 0 saturated heterocycles. The summed E-state index contributed by atoms with van der Waals surface area (Å²) in [6.07, 6.45) is 4.93. The Labute approximate surface area is 145 Å². The molecule has 0 fully saturated rings. The number of benzene rings is 1. The lowest BCUT2D eigenvalue weighted by Crippen LogP contribution is -2.19. The molecule has 2 N–H and O–H groups in total. The lowest BCUT2D eigenvalue weighted by atomic mass is 9.97. The van der Waals surface area contributed by atoms with Crippen molar-refractivity contribution in [2.75, 3.05) is 11.1 Å². The molecule has 120 valence electrons. The first-order chi connectivity index (χ1) is 11.2. The molecular formula is C17H18ClN3OS. The van der Waals surface area contributed by atoms with Crippen molar-refractivity contribution in [3.05, 3.63) is 46.7 Å². The lowest BCUT2D eigenvalue weighted by molar-refractivity contribution is -0.116. The number of aryl methyl sites for hydroxylation is 1. The van der Waals surface area contributed by atoms with Gasteiger partial charge >= 0.3 is 0 Å². The maximum Gasteiger partial charge on any atom is 0.224 e. The molecule has 1 aliphatic heterocycles. The van der Waals surface area contributed by atoms with Crippen LogP contribution in [-0.4, -0.2) is 16.6 Å². The number of pyridine rings is 1. The quantitative estimate of drug-likeness (QED) is 0.633. The number of aromatic nitrogens is 1. The fraction of sp³-hybridized carbons (Fsp3) is 0.294. The molecule has 2 aromatic rings. The minimum Gasteiger partial charge on any atom is -0.325 e. The van der Waals surface area contributed by atoms with E-state index < -0.39 is 0 Å². The van der Waals surface area contributed by atoms with Crippen LogP contribution < -0.4 is 10.0 Å². The standard InChI is InChI=1S/C17H18ClN3OS/c1-2-23-20-9-11-5-14(10-19-8-11)13-6-12-3-4-16(22)21-17(12)15(18)7-13/h5-8,10,20H,2-4,9H2,1H3,(H,21,22). The predicted molar refractivity (Wildman–Crippen MR) is 96.6 cm³/mol. The minimum absolute atomic E-state index is 0.0234. The third-order valence-electron chi connectivity index (χ3n) is 3.71. The molecule has 0 unspecified atom stereocenters. The van der Waals surface area contributed by atoms with Gasteiger partial charge in [-0.05, 0) is 41.3 Å². The zero-order valence-corrected chi connectivity index (χ0v) is 14.4. The molecular weight excluding hydrogens is 330 g/mol. The van der Waals surface area contributed by atoms with Crippen LogP contribution in [0.5, 0.6) is 0 Å². The van der Waals surface area contributed by atoms with E-state index in [-0.39, 0.29) is 5.91 Å². The van der Waals surface area contributed by atoms with Crippen LogP contribution in [-0.2, 0) is 17.8 Å². The van der Waals surface area contributed by atoms with Crippen LogP contribution in [0.15, 0.2) is 30.6 Å². The van der Waals surface area contributed by atoms with Crippen molar-refractivity contribution in [3.63, 3.8) is 0 Å². The molecule has 2 heterocycles. The van der Waals surface area contributed by atoms with E-state index >= 15 is 0 Å². The highest BCUT2D eigenvalue weighted by Gasteiger charge is 2.18. The average Bonchev–Trinajstić information content (AvgIpc) is 2.56. The molecule has 0 spiro atoms. The molecule has 23 heavy (non-hydrogen) atoms. The van der Waals surface area contributed by atoms with E-state index in [1.807, 2.05) is 18.5 Å². The highest BCUT2D eigenvalue weighted by atomic mass is 35.5. The number of rotatable bonds is 5. The average molecular weight is 348 g/mol. The van der Waals surface area contributed by atoms with Gasteiger partial charge in [-0.3, -0.25) is 14.5 Å². The lowest BCUT2D eigenvalue weighted by Gasteiger charge is -2.19. The summed E-state index contributed by atoms with van der Waals surface area (Å²) in [5.74, 6) is 1.05. The third kappa shape index (κ3) is 3.86. The fourth-order valence-corrected chi connectivity index (χ4v) is 3.36. The maximum absolute atomic E-state index is 11.5. The van der Waals surface area contributed by atoms with Crippen molar-refractivity contribution in [3.8, 4) is 11.1 Å². The molecule has 0 saturated carbocycles. The van der Waals surface area contributed by atoms with Gasteiger partial charge in [-0.2, -0.15) is 0 Å². The topological polar surface area (TPSA) is 54.0 Å². The Kier molecular flexibility index (Phi) is 5.20. The van der Waals surface area contributed by atoms with Crippen LogP contribution in [0.1, 0.15) is 24.5 Å². The highest BCUT2D eigenvalue weighted by Crippen LogP contribution is 2.35. The summed E-state index contributed by atoms with van der Waals surface area (Å²) in [6.45, 7) is 2.88. The number of amides is 1. The van der Waals surface area contributed by atoms with Crippen molar-refractivity contribution < 1.29 is 4.79 Å². The second-order valence-electron chi connectivity index (χ2n) is 5.38. The number of carbonyl (C=O) groups is 1. The Balaban J connectivity index is 1.88. The van der Waals surface area contributed by atoms with Crippen molar-refractivity contribution in [2.24, 2.45) is 0 Å². The van der Waals surface area contributed by atoms with E-state index in [9.17, 15) is 4.79 Å². The fourth-order valence-electron chi connectivity index (χ4n) is 2.60. The number of anilines is 1. The number of nitrogens with one attached hydrogen (secondary N) is 2. The SMILES string of the molecule is CCSNCc1cncc(-c2cc(Cl)c3c(c2)CCC(=O)N3)c1. The molecule has 1 aromatic carbocycles. The van der Waals surface area contributed by atoms with Gasteiger partial charge in [-0.25, -0.2) is 0 Å². The van der Waals surface area contributed by atoms with Crippen LogP contribution in [0.25, 0.3) is 11.1 Å². The summed E-state index contributed by atoms with van der Waals surface area (Å²) in [5, 5.41) is 3.43. The first-order valence-corrected chi connectivity index (χ1v) is 8.95. The van der Waals surface area contributed by atoms with Crippen LogP contribution in [0, 0.1) is 0 Å². The van der Waals surface area contributed by atoms with E-state index in [2.05, 4.69) is 34.1 Å². The van der Waals surface area contributed by atoms with Crippen molar-refractivity contribution in [2.45, 2.75) is 26.3 Å². The van der Waals surface area contributed by atoms with Gasteiger partial charge in [0.15, 0.2) is 0 Å². The van der Waals surface area contributed by atoms with Gasteiger partial charge in [0.25, 0.3) is 0 Å². The van der Waals surface area contributed by atoms with Crippen LogP contribution in [0.3, 0.4) is 0 Å².